The summed E-state index contributed by atoms with van der Waals surface area (Å²) in [6.45, 7) is 10.1. The molecule has 0 aromatic carbocycles. The molecule has 90 valence electrons. The van der Waals surface area contributed by atoms with Gasteiger partial charge in [0.1, 0.15) is 0 Å². The molecule has 0 saturated heterocycles. The second-order valence-corrected chi connectivity index (χ2v) is 4.80. The first-order chi connectivity index (χ1) is 7.23. The number of aryl methyl sites for hydroxylation is 1. The van der Waals surface area contributed by atoms with Crippen molar-refractivity contribution in [2.45, 2.75) is 27.3 Å². The van der Waals surface area contributed by atoms with Crippen molar-refractivity contribution in [2.75, 3.05) is 0 Å². The Labute approximate surface area is 94.8 Å². The van der Waals surface area contributed by atoms with E-state index in [1.807, 2.05) is 20.8 Å². The van der Waals surface area contributed by atoms with Crippen LogP contribution in [0.5, 0.6) is 5.88 Å². The van der Waals surface area contributed by atoms with Crippen LogP contribution in [-0.2, 0) is 13.6 Å². The third kappa shape index (κ3) is 2.53. The van der Waals surface area contributed by atoms with Crippen molar-refractivity contribution < 1.29 is 9.50 Å². The summed E-state index contributed by atoms with van der Waals surface area (Å²) in [6, 6.07) is 0. The first-order valence-electron chi connectivity index (χ1n) is 5.07. The Bertz CT molecular complexity index is 404. The number of nitrogens with one attached hydrogen (secondary N) is 1. The van der Waals surface area contributed by atoms with Crippen LogP contribution in [0.2, 0.25) is 0 Å². The molecular formula is C11H18FN3O. The zero-order valence-corrected chi connectivity index (χ0v) is 10.1. The predicted octanol–water partition coefficient (Wildman–Crippen LogP) is 1.91. The number of halogens is 1. The van der Waals surface area contributed by atoms with Crippen molar-refractivity contribution in [1.29, 1.82) is 0 Å². The Morgan fingerprint density at radius 1 is 1.56 bits per heavy atom. The van der Waals surface area contributed by atoms with Crippen LogP contribution >= 0.6 is 0 Å². The van der Waals surface area contributed by atoms with Gasteiger partial charge in [0.2, 0.25) is 11.8 Å². The fourth-order valence-electron chi connectivity index (χ4n) is 1.14. The summed E-state index contributed by atoms with van der Waals surface area (Å²) in [6.07, 6.45) is 0. The quantitative estimate of drug-likeness (QED) is 0.829. The van der Waals surface area contributed by atoms with E-state index in [1.54, 1.807) is 0 Å². The third-order valence-electron chi connectivity index (χ3n) is 2.45. The minimum Gasteiger partial charge on any atom is -0.493 e. The molecule has 0 aliphatic heterocycles. The van der Waals surface area contributed by atoms with E-state index in [0.29, 0.717) is 0 Å². The van der Waals surface area contributed by atoms with Crippen LogP contribution < -0.4 is 5.32 Å². The van der Waals surface area contributed by atoms with Gasteiger partial charge in [-0.1, -0.05) is 27.4 Å². The zero-order valence-electron chi connectivity index (χ0n) is 10.1. The summed E-state index contributed by atoms with van der Waals surface area (Å²) in [5.74, 6) is -0.819. The van der Waals surface area contributed by atoms with Gasteiger partial charge in [-0.05, 0) is 0 Å². The maximum atomic E-state index is 13.3. The fourth-order valence-corrected chi connectivity index (χ4v) is 1.14. The molecule has 0 aliphatic carbocycles. The SMILES string of the molecule is C=C(NCc1c(F)nn(C)c1O)C(C)(C)C. The van der Waals surface area contributed by atoms with Gasteiger partial charge in [-0.15, -0.1) is 5.10 Å². The lowest BCUT2D eigenvalue weighted by atomic mass is 9.93. The van der Waals surface area contributed by atoms with Gasteiger partial charge in [0, 0.05) is 24.7 Å². The first kappa shape index (κ1) is 12.5. The van der Waals surface area contributed by atoms with Crippen LogP contribution in [0.3, 0.4) is 0 Å². The number of hydrogen-bond donors (Lipinski definition) is 2. The Morgan fingerprint density at radius 2 is 2.12 bits per heavy atom. The molecule has 0 radical (unpaired) electrons. The summed E-state index contributed by atoms with van der Waals surface area (Å²) < 4.78 is 14.4. The molecular weight excluding hydrogens is 209 g/mol. The van der Waals surface area contributed by atoms with Crippen LogP contribution in [0, 0.1) is 11.4 Å². The van der Waals surface area contributed by atoms with Gasteiger partial charge in [0.05, 0.1) is 5.56 Å². The molecule has 2 N–H and O–H groups in total. The van der Waals surface area contributed by atoms with Crippen molar-refractivity contribution >= 4 is 0 Å². The van der Waals surface area contributed by atoms with Crippen molar-refractivity contribution in [3.8, 4) is 5.88 Å². The highest BCUT2D eigenvalue weighted by molar-refractivity contribution is 5.24. The fraction of sp³-hybridized carbons (Fsp3) is 0.545. The van der Waals surface area contributed by atoms with Crippen LogP contribution in [0.25, 0.3) is 0 Å². The van der Waals surface area contributed by atoms with E-state index in [9.17, 15) is 9.50 Å². The van der Waals surface area contributed by atoms with Crippen molar-refractivity contribution in [1.82, 2.24) is 15.1 Å². The smallest absolute Gasteiger partial charge is 0.241 e. The number of hydrogen-bond acceptors (Lipinski definition) is 3. The minimum absolute atomic E-state index is 0.103. The molecule has 0 aliphatic rings. The van der Waals surface area contributed by atoms with Crippen LogP contribution in [0.15, 0.2) is 12.3 Å². The molecule has 0 spiro atoms. The second kappa shape index (κ2) is 4.15. The van der Waals surface area contributed by atoms with Gasteiger partial charge in [0.15, 0.2) is 0 Å². The van der Waals surface area contributed by atoms with E-state index in [0.717, 1.165) is 10.4 Å². The number of allylic oxidation sites excluding steroid dienone is 1. The zero-order chi connectivity index (χ0) is 12.5. The van der Waals surface area contributed by atoms with E-state index in [2.05, 4.69) is 17.0 Å². The molecule has 1 rings (SSSR count). The maximum Gasteiger partial charge on any atom is 0.241 e. The van der Waals surface area contributed by atoms with Crippen molar-refractivity contribution in [2.24, 2.45) is 12.5 Å². The lowest BCUT2D eigenvalue weighted by molar-refractivity contribution is 0.409. The van der Waals surface area contributed by atoms with Crippen molar-refractivity contribution in [3.63, 3.8) is 0 Å². The Morgan fingerprint density at radius 3 is 2.50 bits per heavy atom. The largest absolute Gasteiger partial charge is 0.493 e. The second-order valence-electron chi connectivity index (χ2n) is 4.80. The standard InChI is InChI=1S/C11H18FN3O/c1-7(11(2,3)4)13-6-8-9(12)14-15(5)10(8)16/h13,16H,1,6H2,2-5H3. The van der Waals surface area contributed by atoms with E-state index in [4.69, 9.17) is 0 Å². The molecule has 0 fully saturated rings. The van der Waals surface area contributed by atoms with Gasteiger partial charge >= 0.3 is 0 Å². The topological polar surface area (TPSA) is 50.1 Å². The summed E-state index contributed by atoms with van der Waals surface area (Å²) in [7, 11) is 1.49. The maximum absolute atomic E-state index is 13.3. The first-order valence-corrected chi connectivity index (χ1v) is 5.07. The third-order valence-corrected chi connectivity index (χ3v) is 2.45. The van der Waals surface area contributed by atoms with E-state index in [1.165, 1.54) is 7.05 Å². The molecule has 1 heterocycles. The molecule has 16 heavy (non-hydrogen) atoms. The molecule has 0 bridgehead atoms. The van der Waals surface area contributed by atoms with Gasteiger partial charge in [-0.3, -0.25) is 0 Å². The molecule has 0 atom stereocenters. The predicted molar refractivity (Wildman–Crippen MR) is 60.3 cm³/mol. The van der Waals surface area contributed by atoms with E-state index in [-0.39, 0.29) is 23.4 Å². The lowest BCUT2D eigenvalue weighted by Gasteiger charge is -2.22. The molecule has 0 unspecified atom stereocenters. The summed E-state index contributed by atoms with van der Waals surface area (Å²) in [5.41, 5.74) is 0.844. The van der Waals surface area contributed by atoms with Gasteiger partial charge < -0.3 is 10.4 Å². The normalized spacial score (nSPS) is 11.6. The average Bonchev–Trinajstić information content (AvgIpc) is 2.37. The molecule has 0 amide bonds. The summed E-state index contributed by atoms with van der Waals surface area (Å²) in [4.78, 5) is 0. The van der Waals surface area contributed by atoms with Gasteiger partial charge in [-0.25, -0.2) is 4.68 Å². The monoisotopic (exact) mass is 227 g/mol. The number of nitrogens with zero attached hydrogens (tertiary/aromatic N) is 2. The number of rotatable bonds is 3. The molecule has 1 aromatic heterocycles. The minimum atomic E-state index is -0.658. The Kier molecular flexibility index (Phi) is 3.26. The van der Waals surface area contributed by atoms with Gasteiger partial charge in [0.25, 0.3) is 0 Å². The molecule has 0 saturated carbocycles. The number of aromatic nitrogens is 2. The van der Waals surface area contributed by atoms with Crippen LogP contribution in [0.1, 0.15) is 26.3 Å². The highest BCUT2D eigenvalue weighted by Crippen LogP contribution is 2.23. The van der Waals surface area contributed by atoms with E-state index < -0.39 is 5.95 Å². The summed E-state index contributed by atoms with van der Waals surface area (Å²) in [5, 5.41) is 16.0. The van der Waals surface area contributed by atoms with E-state index >= 15 is 0 Å². The van der Waals surface area contributed by atoms with Gasteiger partial charge in [-0.2, -0.15) is 4.39 Å². The summed E-state index contributed by atoms with van der Waals surface area (Å²) >= 11 is 0. The van der Waals surface area contributed by atoms with Crippen molar-refractivity contribution in [3.05, 3.63) is 23.8 Å². The van der Waals surface area contributed by atoms with Crippen LogP contribution in [0.4, 0.5) is 4.39 Å². The Balaban J connectivity index is 2.72. The molecule has 5 heteroatoms. The lowest BCUT2D eigenvalue weighted by Crippen LogP contribution is -2.23. The number of aromatic hydroxyl groups is 1. The average molecular weight is 227 g/mol. The highest BCUT2D eigenvalue weighted by Gasteiger charge is 2.18. The van der Waals surface area contributed by atoms with Crippen LogP contribution in [-0.4, -0.2) is 14.9 Å². The highest BCUT2D eigenvalue weighted by atomic mass is 19.1. The Hall–Kier alpha value is -1.52. The molecule has 1 aromatic rings. The molecule has 4 nitrogen and oxygen atoms in total.